The molecule has 1 unspecified atom stereocenters. The van der Waals surface area contributed by atoms with Crippen LogP contribution in [0.25, 0.3) is 0 Å². The van der Waals surface area contributed by atoms with Gasteiger partial charge in [0.2, 0.25) is 11.8 Å². The van der Waals surface area contributed by atoms with Crippen LogP contribution in [0.3, 0.4) is 0 Å². The minimum absolute atomic E-state index is 0.00543. The average Bonchev–Trinajstić information content (AvgIpc) is 3.67. The molecule has 2 fully saturated rings. The van der Waals surface area contributed by atoms with Gasteiger partial charge in [0, 0.05) is 51.4 Å². The molecule has 1 saturated heterocycles. The van der Waals surface area contributed by atoms with Gasteiger partial charge < -0.3 is 26.2 Å². The Hall–Kier alpha value is -3.89. The van der Waals surface area contributed by atoms with Crippen LogP contribution in [0.5, 0.6) is 0 Å². The highest BCUT2D eigenvalue weighted by molar-refractivity contribution is 6.01. The van der Waals surface area contributed by atoms with Gasteiger partial charge in [0.1, 0.15) is 17.3 Å². The van der Waals surface area contributed by atoms with E-state index >= 15 is 0 Å². The lowest BCUT2D eigenvalue weighted by molar-refractivity contribution is -0.130. The molecule has 214 valence electrons. The van der Waals surface area contributed by atoms with E-state index in [9.17, 15) is 19.2 Å². The number of anilines is 1. The Labute approximate surface area is 234 Å². The van der Waals surface area contributed by atoms with E-state index in [1.54, 1.807) is 31.3 Å². The molecule has 2 heterocycles. The molecule has 1 aromatic heterocycles. The van der Waals surface area contributed by atoms with Gasteiger partial charge in [-0.1, -0.05) is 32.3 Å². The maximum absolute atomic E-state index is 13.6. The van der Waals surface area contributed by atoms with Crippen LogP contribution in [0.2, 0.25) is 0 Å². The van der Waals surface area contributed by atoms with Crippen LogP contribution in [0.15, 0.2) is 30.5 Å². The predicted molar refractivity (Wildman–Crippen MR) is 150 cm³/mol. The summed E-state index contributed by atoms with van der Waals surface area (Å²) in [6.45, 7) is 2.49. The molecule has 1 aliphatic heterocycles. The lowest BCUT2D eigenvalue weighted by Gasteiger charge is -2.36. The molecule has 5 rings (SSSR count). The van der Waals surface area contributed by atoms with Gasteiger partial charge in [0.25, 0.3) is 5.91 Å². The summed E-state index contributed by atoms with van der Waals surface area (Å²) in [6, 6.07) is 6.38. The van der Waals surface area contributed by atoms with Crippen molar-refractivity contribution >= 4 is 29.4 Å². The van der Waals surface area contributed by atoms with Gasteiger partial charge in [0.15, 0.2) is 0 Å². The molecule has 11 heteroatoms. The van der Waals surface area contributed by atoms with E-state index in [2.05, 4.69) is 26.4 Å². The second-order valence-corrected chi connectivity index (χ2v) is 11.3. The first-order valence-electron chi connectivity index (χ1n) is 14.3. The highest BCUT2D eigenvalue weighted by Crippen LogP contribution is 2.38. The zero-order valence-electron chi connectivity index (χ0n) is 23.5. The summed E-state index contributed by atoms with van der Waals surface area (Å²) in [5, 5.41) is 15.8. The topological polar surface area (TPSA) is 137 Å². The number of hydrogen-bond donors (Lipinski definition) is 4. The molecular formula is C29H39N7O4. The smallest absolute Gasteiger partial charge is 0.318 e. The van der Waals surface area contributed by atoms with Crippen LogP contribution < -0.4 is 21.3 Å². The van der Waals surface area contributed by atoms with Gasteiger partial charge in [0.05, 0.1) is 0 Å². The standard InChI is InChI=1S/C29H39N7O4/c1-4-21-17-36(28(40)33-21)29(27(39)30-2)15-19-10-11-22(14-20(19)16-29)32-26(38)24(18-8-6-5-7-9-18)34-25(37)23-12-13-31-35(23)3/h10-14,18,21,24H,4-9,15-17H2,1-3H3,(H,30,39)(H,32,38)(H,33,40)(H,34,37)/t21-,24-,29?/m0/s1. The summed E-state index contributed by atoms with van der Waals surface area (Å²) in [6.07, 6.45) is 8.05. The average molecular weight is 550 g/mol. The first-order valence-corrected chi connectivity index (χ1v) is 14.3. The number of aryl methyl sites for hydroxylation is 1. The van der Waals surface area contributed by atoms with Gasteiger partial charge in [-0.25, -0.2) is 4.79 Å². The molecule has 40 heavy (non-hydrogen) atoms. The Balaban J connectivity index is 1.35. The summed E-state index contributed by atoms with van der Waals surface area (Å²) in [5.41, 5.74) is 1.87. The molecule has 0 radical (unpaired) electrons. The van der Waals surface area contributed by atoms with Crippen molar-refractivity contribution in [3.63, 3.8) is 0 Å². The van der Waals surface area contributed by atoms with E-state index in [4.69, 9.17) is 0 Å². The number of urea groups is 1. The van der Waals surface area contributed by atoms with Crippen molar-refractivity contribution in [2.45, 2.75) is 75.9 Å². The highest BCUT2D eigenvalue weighted by atomic mass is 16.2. The van der Waals surface area contributed by atoms with Crippen LogP contribution in [-0.2, 0) is 29.5 Å². The number of nitrogens with zero attached hydrogens (tertiary/aromatic N) is 3. The molecule has 2 aliphatic carbocycles. The quantitative estimate of drug-likeness (QED) is 0.400. The molecule has 1 saturated carbocycles. The number of hydrogen-bond acceptors (Lipinski definition) is 5. The lowest BCUT2D eigenvalue weighted by Crippen LogP contribution is -2.60. The number of fused-ring (bicyclic) bond motifs is 1. The molecule has 2 aromatic rings. The second-order valence-electron chi connectivity index (χ2n) is 11.3. The Kier molecular flexibility index (Phi) is 7.82. The fourth-order valence-electron chi connectivity index (χ4n) is 6.54. The second kappa shape index (κ2) is 11.3. The van der Waals surface area contributed by atoms with Crippen molar-refractivity contribution in [3.8, 4) is 0 Å². The molecule has 0 bridgehead atoms. The van der Waals surface area contributed by atoms with Gasteiger partial charge >= 0.3 is 6.03 Å². The molecule has 5 amide bonds. The van der Waals surface area contributed by atoms with Crippen molar-refractivity contribution in [3.05, 3.63) is 47.3 Å². The Morgan fingerprint density at radius 3 is 2.52 bits per heavy atom. The van der Waals surface area contributed by atoms with E-state index in [0.717, 1.165) is 49.7 Å². The summed E-state index contributed by atoms with van der Waals surface area (Å²) in [7, 11) is 3.29. The summed E-state index contributed by atoms with van der Waals surface area (Å²) >= 11 is 0. The minimum atomic E-state index is -1.02. The Morgan fingerprint density at radius 1 is 1.12 bits per heavy atom. The number of carbonyl (C=O) groups is 4. The maximum Gasteiger partial charge on any atom is 0.318 e. The molecule has 3 atom stereocenters. The van der Waals surface area contributed by atoms with Crippen molar-refractivity contribution in [1.82, 2.24) is 30.6 Å². The highest BCUT2D eigenvalue weighted by Gasteiger charge is 2.52. The van der Waals surface area contributed by atoms with E-state index in [1.807, 2.05) is 25.1 Å². The van der Waals surface area contributed by atoms with Crippen LogP contribution in [0.1, 0.15) is 67.1 Å². The monoisotopic (exact) mass is 549 g/mol. The summed E-state index contributed by atoms with van der Waals surface area (Å²) < 4.78 is 1.49. The van der Waals surface area contributed by atoms with Crippen molar-refractivity contribution < 1.29 is 19.2 Å². The Morgan fingerprint density at radius 2 is 1.88 bits per heavy atom. The molecule has 4 N–H and O–H groups in total. The van der Waals surface area contributed by atoms with Crippen molar-refractivity contribution in [2.24, 2.45) is 13.0 Å². The third kappa shape index (κ3) is 5.16. The number of nitrogens with one attached hydrogen (secondary N) is 4. The van der Waals surface area contributed by atoms with Crippen LogP contribution in [0, 0.1) is 5.92 Å². The predicted octanol–water partition coefficient (Wildman–Crippen LogP) is 2.12. The van der Waals surface area contributed by atoms with Crippen LogP contribution >= 0.6 is 0 Å². The van der Waals surface area contributed by atoms with Gasteiger partial charge in [-0.3, -0.25) is 19.1 Å². The van der Waals surface area contributed by atoms with Crippen molar-refractivity contribution in [1.29, 1.82) is 0 Å². The number of benzene rings is 1. The summed E-state index contributed by atoms with van der Waals surface area (Å²) in [5.74, 6) is -0.746. The number of rotatable bonds is 8. The lowest BCUT2D eigenvalue weighted by atomic mass is 9.83. The fourth-order valence-corrected chi connectivity index (χ4v) is 6.54. The zero-order chi connectivity index (χ0) is 28.4. The molecule has 3 aliphatic rings. The first-order chi connectivity index (χ1) is 19.3. The van der Waals surface area contributed by atoms with E-state index in [1.165, 1.54) is 4.68 Å². The molecular weight excluding hydrogens is 510 g/mol. The largest absolute Gasteiger partial charge is 0.357 e. The number of aromatic nitrogens is 2. The van der Waals surface area contributed by atoms with Crippen LogP contribution in [-0.4, -0.2) is 69.6 Å². The number of carbonyl (C=O) groups excluding carboxylic acids is 4. The van der Waals surface area contributed by atoms with Gasteiger partial charge in [-0.05, 0) is 54.5 Å². The molecule has 0 spiro atoms. The first kappa shape index (κ1) is 27.7. The SMILES string of the molecule is CC[C@H]1CN(C2(C(=O)NC)Cc3ccc(NC(=O)[C@@H](NC(=O)c4ccnn4C)C4CCCCC4)cc3C2)C(=O)N1. The van der Waals surface area contributed by atoms with E-state index in [0.29, 0.717) is 30.8 Å². The minimum Gasteiger partial charge on any atom is -0.357 e. The molecule has 1 aromatic carbocycles. The fraction of sp³-hybridized carbons (Fsp3) is 0.552. The van der Waals surface area contributed by atoms with Crippen LogP contribution in [0.4, 0.5) is 10.5 Å². The molecule has 11 nitrogen and oxygen atoms in total. The van der Waals surface area contributed by atoms with Gasteiger partial charge in [-0.15, -0.1) is 0 Å². The number of amides is 5. The Bertz CT molecular complexity index is 1300. The van der Waals surface area contributed by atoms with Gasteiger partial charge in [-0.2, -0.15) is 5.10 Å². The third-order valence-electron chi connectivity index (χ3n) is 8.82. The summed E-state index contributed by atoms with van der Waals surface area (Å²) in [4.78, 5) is 54.4. The normalized spacial score (nSPS) is 23.3. The van der Waals surface area contributed by atoms with E-state index < -0.39 is 11.6 Å². The maximum atomic E-state index is 13.6. The van der Waals surface area contributed by atoms with E-state index in [-0.39, 0.29) is 35.7 Å². The van der Waals surface area contributed by atoms with Crippen molar-refractivity contribution in [2.75, 3.05) is 18.9 Å². The number of likely N-dealkylation sites (N-methyl/N-ethyl adjacent to an activating group) is 1. The third-order valence-corrected chi connectivity index (χ3v) is 8.82. The zero-order valence-corrected chi connectivity index (χ0v) is 23.5.